The summed E-state index contributed by atoms with van der Waals surface area (Å²) in [6, 6.07) is 0.803. The summed E-state index contributed by atoms with van der Waals surface area (Å²) in [6.45, 7) is 6.79. The Bertz CT molecular complexity index is 538. The van der Waals surface area contributed by atoms with Gasteiger partial charge in [0.05, 0.1) is 0 Å². The zero-order valence-corrected chi connectivity index (χ0v) is 16.9. The second-order valence-electron chi connectivity index (χ2n) is 9.08. The number of carbonyl (C=O) groups is 2. The topological polar surface area (TPSA) is 55.9 Å². The van der Waals surface area contributed by atoms with Gasteiger partial charge in [0.1, 0.15) is 6.04 Å². The Labute approximate surface area is 163 Å². The molecule has 2 heterocycles. The third kappa shape index (κ3) is 4.48. The summed E-state index contributed by atoms with van der Waals surface area (Å²) in [5, 5.41) is 3.31. The Hall–Kier alpha value is -1.14. The Morgan fingerprint density at radius 3 is 2.33 bits per heavy atom. The molecule has 2 saturated heterocycles. The first-order chi connectivity index (χ1) is 13.1. The normalized spacial score (nSPS) is 30.1. The van der Waals surface area contributed by atoms with E-state index in [1.165, 1.54) is 51.5 Å². The van der Waals surface area contributed by atoms with Crippen molar-refractivity contribution in [2.24, 2.45) is 5.92 Å². The predicted octanol–water partition coefficient (Wildman–Crippen LogP) is 1.45. The lowest BCUT2D eigenvalue weighted by molar-refractivity contribution is -0.143. The summed E-state index contributed by atoms with van der Waals surface area (Å²) in [4.78, 5) is 32.0. The number of carbonyl (C=O) groups excluding carboxylic acids is 2. The van der Waals surface area contributed by atoms with Crippen molar-refractivity contribution in [3.63, 3.8) is 0 Å². The van der Waals surface area contributed by atoms with Crippen molar-refractivity contribution in [1.29, 1.82) is 0 Å². The maximum Gasteiger partial charge on any atom is 0.245 e. The molecule has 27 heavy (non-hydrogen) atoms. The van der Waals surface area contributed by atoms with Crippen molar-refractivity contribution in [2.45, 2.75) is 76.4 Å². The number of nitrogens with one attached hydrogen (secondary N) is 1. The Balaban J connectivity index is 1.44. The first kappa shape index (κ1) is 19.2. The Morgan fingerprint density at radius 2 is 1.70 bits per heavy atom. The van der Waals surface area contributed by atoms with Crippen molar-refractivity contribution in [3.05, 3.63) is 0 Å². The quantitative estimate of drug-likeness (QED) is 0.789. The minimum atomic E-state index is -0.252. The van der Waals surface area contributed by atoms with E-state index in [1.807, 2.05) is 9.80 Å². The average molecular weight is 377 g/mol. The summed E-state index contributed by atoms with van der Waals surface area (Å²) in [5.41, 5.74) is 0. The minimum Gasteiger partial charge on any atom is -0.338 e. The van der Waals surface area contributed by atoms with E-state index in [0.717, 1.165) is 45.1 Å². The van der Waals surface area contributed by atoms with Gasteiger partial charge in [0.2, 0.25) is 11.8 Å². The minimum absolute atomic E-state index is 0.0550. The van der Waals surface area contributed by atoms with Gasteiger partial charge in [-0.15, -0.1) is 0 Å². The van der Waals surface area contributed by atoms with Gasteiger partial charge in [0.15, 0.2) is 0 Å². The molecule has 4 fully saturated rings. The van der Waals surface area contributed by atoms with Gasteiger partial charge in [-0.1, -0.05) is 19.3 Å². The average Bonchev–Trinajstić information content (AvgIpc) is 3.44. The smallest absolute Gasteiger partial charge is 0.245 e. The Morgan fingerprint density at radius 1 is 1.00 bits per heavy atom. The van der Waals surface area contributed by atoms with Crippen LogP contribution in [0.5, 0.6) is 0 Å². The molecule has 0 bridgehead atoms. The van der Waals surface area contributed by atoms with Gasteiger partial charge in [-0.05, 0) is 38.0 Å². The van der Waals surface area contributed by atoms with E-state index < -0.39 is 0 Å². The number of rotatable bonds is 5. The highest BCUT2D eigenvalue weighted by atomic mass is 16.2. The third-order valence-electron chi connectivity index (χ3n) is 7.08. The molecule has 152 valence electrons. The summed E-state index contributed by atoms with van der Waals surface area (Å²) < 4.78 is 0. The first-order valence-corrected chi connectivity index (χ1v) is 11.2. The van der Waals surface area contributed by atoms with Crippen LogP contribution >= 0.6 is 0 Å². The molecule has 6 heteroatoms. The molecule has 2 atom stereocenters. The van der Waals surface area contributed by atoms with Crippen LogP contribution in [0.15, 0.2) is 0 Å². The fourth-order valence-electron chi connectivity index (χ4n) is 5.40. The highest BCUT2D eigenvalue weighted by Gasteiger charge is 2.45. The number of hydrogen-bond acceptors (Lipinski definition) is 4. The van der Waals surface area contributed by atoms with E-state index in [9.17, 15) is 9.59 Å². The lowest BCUT2D eigenvalue weighted by Crippen LogP contribution is -2.53. The van der Waals surface area contributed by atoms with E-state index in [2.05, 4.69) is 10.2 Å². The van der Waals surface area contributed by atoms with Crippen LogP contribution in [0.25, 0.3) is 0 Å². The fraction of sp³-hybridized carbons (Fsp3) is 0.905. The van der Waals surface area contributed by atoms with Crippen molar-refractivity contribution < 1.29 is 9.59 Å². The lowest BCUT2D eigenvalue weighted by atomic mass is 9.88. The standard InChI is InChI=1S/C21H36N4O2/c1-16(26)24-15-19(13-20(24)21(27)23-11-9-22-10-12-23)25(18-7-8-18)14-17-5-3-2-4-6-17/h17-20,22H,2-15H2,1H3. The second kappa shape index (κ2) is 8.48. The van der Waals surface area contributed by atoms with Gasteiger partial charge in [0.25, 0.3) is 0 Å². The van der Waals surface area contributed by atoms with E-state index in [-0.39, 0.29) is 17.9 Å². The van der Waals surface area contributed by atoms with Crippen LogP contribution in [0.1, 0.15) is 58.3 Å². The second-order valence-corrected chi connectivity index (χ2v) is 9.08. The highest BCUT2D eigenvalue weighted by Crippen LogP contribution is 2.36. The van der Waals surface area contributed by atoms with E-state index in [1.54, 1.807) is 6.92 Å². The fourth-order valence-corrected chi connectivity index (χ4v) is 5.40. The number of piperazine rings is 1. The van der Waals surface area contributed by atoms with Crippen LogP contribution in [0.4, 0.5) is 0 Å². The lowest BCUT2D eigenvalue weighted by Gasteiger charge is -2.34. The van der Waals surface area contributed by atoms with Crippen LogP contribution < -0.4 is 5.32 Å². The molecule has 0 aromatic rings. The zero-order chi connectivity index (χ0) is 18.8. The van der Waals surface area contributed by atoms with E-state index in [4.69, 9.17) is 0 Å². The molecule has 2 unspecified atom stereocenters. The zero-order valence-electron chi connectivity index (χ0n) is 16.9. The predicted molar refractivity (Wildman–Crippen MR) is 105 cm³/mol. The molecular formula is C21H36N4O2. The largest absolute Gasteiger partial charge is 0.338 e. The molecule has 1 N–H and O–H groups in total. The molecular weight excluding hydrogens is 340 g/mol. The monoisotopic (exact) mass is 376 g/mol. The van der Waals surface area contributed by atoms with Gasteiger partial charge >= 0.3 is 0 Å². The third-order valence-corrected chi connectivity index (χ3v) is 7.08. The summed E-state index contributed by atoms with van der Waals surface area (Å²) in [5.74, 6) is 1.04. The molecule has 4 aliphatic rings. The molecule has 0 radical (unpaired) electrons. The number of hydrogen-bond donors (Lipinski definition) is 1. The Kier molecular flexibility index (Phi) is 6.02. The first-order valence-electron chi connectivity index (χ1n) is 11.2. The van der Waals surface area contributed by atoms with Crippen LogP contribution in [-0.4, -0.2) is 83.9 Å². The molecule has 2 aliphatic carbocycles. The number of likely N-dealkylation sites (tertiary alicyclic amines) is 1. The van der Waals surface area contributed by atoms with Gasteiger partial charge in [-0.25, -0.2) is 0 Å². The molecule has 2 amide bonds. The molecule has 2 saturated carbocycles. The van der Waals surface area contributed by atoms with Gasteiger partial charge < -0.3 is 15.1 Å². The van der Waals surface area contributed by atoms with Crippen molar-refractivity contribution in [3.8, 4) is 0 Å². The summed E-state index contributed by atoms with van der Waals surface area (Å²) in [6.07, 6.45) is 10.3. The van der Waals surface area contributed by atoms with E-state index in [0.29, 0.717) is 12.1 Å². The van der Waals surface area contributed by atoms with Gasteiger partial charge in [-0.3, -0.25) is 14.5 Å². The maximum absolute atomic E-state index is 13.1. The SMILES string of the molecule is CC(=O)N1CC(N(CC2CCCCC2)C2CC2)CC1C(=O)N1CCNCC1. The molecule has 0 aromatic heterocycles. The summed E-state index contributed by atoms with van der Waals surface area (Å²) in [7, 11) is 0. The van der Waals surface area contributed by atoms with Crippen LogP contribution in [0.3, 0.4) is 0 Å². The van der Waals surface area contributed by atoms with Crippen LogP contribution in [-0.2, 0) is 9.59 Å². The van der Waals surface area contributed by atoms with Crippen molar-refractivity contribution in [1.82, 2.24) is 20.0 Å². The molecule has 0 spiro atoms. The van der Waals surface area contributed by atoms with Gasteiger partial charge in [-0.2, -0.15) is 0 Å². The molecule has 0 aromatic carbocycles. The van der Waals surface area contributed by atoms with Crippen LogP contribution in [0, 0.1) is 5.92 Å². The highest BCUT2D eigenvalue weighted by molar-refractivity contribution is 5.87. The van der Waals surface area contributed by atoms with Crippen LogP contribution in [0.2, 0.25) is 0 Å². The number of nitrogens with zero attached hydrogens (tertiary/aromatic N) is 3. The molecule has 4 rings (SSSR count). The van der Waals surface area contributed by atoms with Crippen molar-refractivity contribution in [2.75, 3.05) is 39.3 Å². The molecule has 6 nitrogen and oxygen atoms in total. The van der Waals surface area contributed by atoms with Crippen molar-refractivity contribution >= 4 is 11.8 Å². The van der Waals surface area contributed by atoms with Gasteiger partial charge in [0, 0.05) is 58.3 Å². The number of amides is 2. The summed E-state index contributed by atoms with van der Waals surface area (Å²) >= 11 is 0. The van der Waals surface area contributed by atoms with E-state index >= 15 is 0 Å². The molecule has 2 aliphatic heterocycles. The maximum atomic E-state index is 13.1.